The molecule has 8 heteroatoms. The molecule has 0 spiro atoms. The van der Waals surface area contributed by atoms with Gasteiger partial charge in [0.25, 0.3) is 0 Å². The minimum Gasteiger partial charge on any atom is -0.465 e. The van der Waals surface area contributed by atoms with Crippen LogP contribution >= 0.6 is 33.9 Å². The first-order chi connectivity index (χ1) is 14.1. The number of halogens is 1. The second-order valence-corrected chi connectivity index (χ2v) is 9.48. The standard InChI is InChI=1S/C21H23IN2O4S/c1-27-21(26)18-15(9-12-29-18)23-16(13-5-3-2-4-6-13)20(25)28-17-14-7-10-24(11-8-14)19(17)22/h2-6,9,12,14,16-17,19,23H,7-8,10-11H2,1H3. The van der Waals surface area contributed by atoms with Crippen LogP contribution in [-0.2, 0) is 14.3 Å². The third kappa shape index (κ3) is 4.29. The van der Waals surface area contributed by atoms with Crippen LogP contribution in [0.3, 0.4) is 0 Å². The minimum absolute atomic E-state index is 0.110. The number of anilines is 1. The molecule has 3 aliphatic heterocycles. The summed E-state index contributed by atoms with van der Waals surface area (Å²) >= 11 is 3.67. The molecule has 0 saturated carbocycles. The van der Waals surface area contributed by atoms with Crippen LogP contribution in [0.25, 0.3) is 0 Å². The first kappa shape index (κ1) is 20.6. The van der Waals surface area contributed by atoms with Gasteiger partial charge in [-0.05, 0) is 42.9 Å². The molecule has 1 aromatic heterocycles. The fraction of sp³-hybridized carbons (Fsp3) is 0.429. The molecule has 154 valence electrons. The van der Waals surface area contributed by atoms with Crippen molar-refractivity contribution >= 4 is 51.6 Å². The van der Waals surface area contributed by atoms with Crippen molar-refractivity contribution in [1.29, 1.82) is 0 Å². The number of ether oxygens (including phenoxy) is 2. The molecule has 3 atom stereocenters. The Morgan fingerprint density at radius 1 is 1.21 bits per heavy atom. The van der Waals surface area contributed by atoms with Crippen LogP contribution in [-0.4, -0.2) is 47.2 Å². The number of hydrogen-bond donors (Lipinski definition) is 1. The number of methoxy groups -OCH3 is 1. The van der Waals surface area contributed by atoms with E-state index >= 15 is 0 Å². The number of piperidine rings is 3. The number of carbonyl (C=O) groups excluding carboxylic acids is 2. The quantitative estimate of drug-likeness (QED) is 0.265. The number of fused-ring (bicyclic) bond motifs is 3. The Kier molecular flexibility index (Phi) is 6.41. The number of carbonyl (C=O) groups is 2. The highest BCUT2D eigenvalue weighted by Crippen LogP contribution is 2.38. The molecule has 4 heterocycles. The Hall–Kier alpha value is -1.65. The average Bonchev–Trinajstić information content (AvgIpc) is 3.23. The molecule has 3 saturated heterocycles. The Labute approximate surface area is 187 Å². The van der Waals surface area contributed by atoms with E-state index in [2.05, 4.69) is 32.8 Å². The number of alkyl halides is 1. The fourth-order valence-electron chi connectivity index (χ4n) is 4.03. The molecule has 1 aromatic carbocycles. The number of benzene rings is 1. The van der Waals surface area contributed by atoms with Crippen molar-refractivity contribution < 1.29 is 19.1 Å². The van der Waals surface area contributed by atoms with Crippen molar-refractivity contribution in [1.82, 2.24) is 4.90 Å². The molecular formula is C21H23IN2O4S. The number of nitrogens with one attached hydrogen (secondary N) is 1. The highest BCUT2D eigenvalue weighted by atomic mass is 127. The molecule has 29 heavy (non-hydrogen) atoms. The molecule has 3 fully saturated rings. The second kappa shape index (κ2) is 9.01. The average molecular weight is 526 g/mol. The van der Waals surface area contributed by atoms with Crippen molar-refractivity contribution in [3.63, 3.8) is 0 Å². The van der Waals surface area contributed by atoms with Gasteiger partial charge in [-0.1, -0.05) is 52.9 Å². The van der Waals surface area contributed by atoms with Gasteiger partial charge < -0.3 is 14.8 Å². The van der Waals surface area contributed by atoms with Gasteiger partial charge in [-0.25, -0.2) is 9.59 Å². The Morgan fingerprint density at radius 2 is 1.93 bits per heavy atom. The monoisotopic (exact) mass is 526 g/mol. The molecule has 5 rings (SSSR count). The van der Waals surface area contributed by atoms with Crippen LogP contribution in [0.1, 0.15) is 34.1 Å². The normalized spacial score (nSPS) is 26.6. The highest BCUT2D eigenvalue weighted by Gasteiger charge is 2.44. The van der Waals surface area contributed by atoms with Crippen LogP contribution in [0.15, 0.2) is 41.8 Å². The molecule has 3 aliphatic rings. The predicted octanol–water partition coefficient (Wildman–Crippen LogP) is 4.09. The molecule has 3 unspecified atom stereocenters. The summed E-state index contributed by atoms with van der Waals surface area (Å²) in [6.45, 7) is 2.15. The van der Waals surface area contributed by atoms with E-state index in [0.717, 1.165) is 31.5 Å². The number of hydrogen-bond acceptors (Lipinski definition) is 7. The van der Waals surface area contributed by atoms with Gasteiger partial charge in [-0.2, -0.15) is 0 Å². The number of thiophene rings is 1. The lowest BCUT2D eigenvalue weighted by atomic mass is 9.86. The summed E-state index contributed by atoms with van der Waals surface area (Å²) in [4.78, 5) is 28.2. The topological polar surface area (TPSA) is 67.9 Å². The first-order valence-corrected chi connectivity index (χ1v) is 11.8. The number of esters is 2. The Bertz CT molecular complexity index is 865. The predicted molar refractivity (Wildman–Crippen MR) is 120 cm³/mol. The summed E-state index contributed by atoms with van der Waals surface area (Å²) < 4.78 is 11.1. The van der Waals surface area contributed by atoms with Gasteiger partial charge in [-0.15, -0.1) is 11.3 Å². The van der Waals surface area contributed by atoms with Crippen LogP contribution < -0.4 is 5.32 Å². The maximum atomic E-state index is 13.3. The van der Waals surface area contributed by atoms with Crippen molar-refractivity contribution in [2.45, 2.75) is 29.0 Å². The molecule has 6 nitrogen and oxygen atoms in total. The van der Waals surface area contributed by atoms with Crippen molar-refractivity contribution in [3.05, 3.63) is 52.2 Å². The second-order valence-electron chi connectivity index (χ2n) is 7.29. The van der Waals surface area contributed by atoms with E-state index in [9.17, 15) is 9.59 Å². The third-order valence-corrected chi connectivity index (χ3v) is 8.01. The van der Waals surface area contributed by atoms with Gasteiger partial charge in [0.15, 0.2) is 6.04 Å². The summed E-state index contributed by atoms with van der Waals surface area (Å²) in [5.41, 5.74) is 1.37. The van der Waals surface area contributed by atoms with E-state index in [-0.39, 0.29) is 16.1 Å². The van der Waals surface area contributed by atoms with E-state index in [1.807, 2.05) is 30.3 Å². The van der Waals surface area contributed by atoms with E-state index < -0.39 is 12.0 Å². The summed E-state index contributed by atoms with van der Waals surface area (Å²) in [5.74, 6) is -0.333. The molecule has 2 aromatic rings. The zero-order chi connectivity index (χ0) is 20.4. The van der Waals surface area contributed by atoms with E-state index in [0.29, 0.717) is 16.5 Å². The van der Waals surface area contributed by atoms with Gasteiger partial charge in [-0.3, -0.25) is 4.90 Å². The minimum atomic E-state index is -0.701. The SMILES string of the molecule is COC(=O)c1sccc1NC(C(=O)OC1C2CCN(CC2)C1I)c1ccccc1. The lowest BCUT2D eigenvalue weighted by Crippen LogP contribution is -2.56. The van der Waals surface area contributed by atoms with Crippen LogP contribution in [0.2, 0.25) is 0 Å². The maximum absolute atomic E-state index is 13.3. The Morgan fingerprint density at radius 3 is 2.59 bits per heavy atom. The summed E-state index contributed by atoms with van der Waals surface area (Å²) in [6, 6.07) is 10.6. The van der Waals surface area contributed by atoms with Crippen molar-refractivity contribution in [2.75, 3.05) is 25.5 Å². The molecule has 0 amide bonds. The van der Waals surface area contributed by atoms with Crippen molar-refractivity contribution in [3.8, 4) is 0 Å². The first-order valence-electron chi connectivity index (χ1n) is 9.64. The van der Waals surface area contributed by atoms with Crippen molar-refractivity contribution in [2.24, 2.45) is 5.92 Å². The molecular weight excluding hydrogens is 503 g/mol. The third-order valence-electron chi connectivity index (χ3n) is 5.62. The van der Waals surface area contributed by atoms with E-state index in [4.69, 9.17) is 9.47 Å². The fourth-order valence-corrected chi connectivity index (χ4v) is 6.10. The summed E-state index contributed by atoms with van der Waals surface area (Å²) in [7, 11) is 1.35. The Balaban J connectivity index is 1.57. The molecule has 1 N–H and O–H groups in total. The molecule has 0 aliphatic carbocycles. The summed E-state index contributed by atoms with van der Waals surface area (Å²) in [6.07, 6.45) is 2.02. The van der Waals surface area contributed by atoms with Gasteiger partial charge in [0.1, 0.15) is 11.0 Å². The van der Waals surface area contributed by atoms with Gasteiger partial charge in [0.05, 0.1) is 16.8 Å². The molecule has 0 radical (unpaired) electrons. The van der Waals surface area contributed by atoms with Gasteiger partial charge in [0, 0.05) is 5.92 Å². The smallest absolute Gasteiger partial charge is 0.350 e. The number of rotatable bonds is 6. The zero-order valence-electron chi connectivity index (χ0n) is 16.0. The van der Waals surface area contributed by atoms with Crippen LogP contribution in [0.4, 0.5) is 5.69 Å². The molecule has 2 bridgehead atoms. The van der Waals surface area contributed by atoms with E-state index in [1.165, 1.54) is 18.4 Å². The maximum Gasteiger partial charge on any atom is 0.350 e. The number of nitrogens with zero attached hydrogens (tertiary/aromatic N) is 1. The largest absolute Gasteiger partial charge is 0.465 e. The van der Waals surface area contributed by atoms with Gasteiger partial charge >= 0.3 is 11.9 Å². The van der Waals surface area contributed by atoms with Crippen LogP contribution in [0, 0.1) is 5.92 Å². The lowest BCUT2D eigenvalue weighted by molar-refractivity contribution is -0.161. The summed E-state index contributed by atoms with van der Waals surface area (Å²) in [5, 5.41) is 5.03. The van der Waals surface area contributed by atoms with Gasteiger partial charge in [0.2, 0.25) is 0 Å². The highest BCUT2D eigenvalue weighted by molar-refractivity contribution is 14.1. The van der Waals surface area contributed by atoms with E-state index in [1.54, 1.807) is 11.4 Å². The lowest BCUT2D eigenvalue weighted by Gasteiger charge is -2.48. The zero-order valence-corrected chi connectivity index (χ0v) is 19.0. The van der Waals surface area contributed by atoms with Crippen LogP contribution in [0.5, 0.6) is 0 Å².